The van der Waals surface area contributed by atoms with E-state index < -0.39 is 5.97 Å². The van der Waals surface area contributed by atoms with Crippen LogP contribution in [0.15, 0.2) is 0 Å². The number of amides is 1. The summed E-state index contributed by atoms with van der Waals surface area (Å²) in [5.41, 5.74) is 0. The summed E-state index contributed by atoms with van der Waals surface area (Å²) < 4.78 is 4.89. The van der Waals surface area contributed by atoms with Gasteiger partial charge >= 0.3 is 5.97 Å². The summed E-state index contributed by atoms with van der Waals surface area (Å²) in [7, 11) is 3.11. The van der Waals surface area contributed by atoms with E-state index in [1.165, 1.54) is 11.9 Å². The van der Waals surface area contributed by atoms with Crippen LogP contribution in [0.2, 0.25) is 0 Å². The van der Waals surface area contributed by atoms with Crippen LogP contribution in [0.5, 0.6) is 0 Å². The number of methoxy groups -OCH3 is 1. The van der Waals surface area contributed by atoms with Crippen LogP contribution in [-0.4, -0.2) is 73.2 Å². The van der Waals surface area contributed by atoms with Gasteiger partial charge in [0, 0.05) is 27.2 Å². The van der Waals surface area contributed by atoms with Crippen LogP contribution in [0.3, 0.4) is 0 Å². The number of carboxylic acid groups (broad SMARTS) is 1. The SMILES string of the molecule is COCCN1C[C@@H]1C(=O)N(C)CC(=O)O. The molecule has 1 aliphatic heterocycles. The molecule has 1 heterocycles. The highest BCUT2D eigenvalue weighted by Gasteiger charge is 2.41. The Hall–Kier alpha value is -1.14. The van der Waals surface area contributed by atoms with Crippen molar-refractivity contribution in [3.05, 3.63) is 0 Å². The van der Waals surface area contributed by atoms with Gasteiger partial charge in [0.25, 0.3) is 0 Å². The van der Waals surface area contributed by atoms with Gasteiger partial charge in [0.2, 0.25) is 5.91 Å². The van der Waals surface area contributed by atoms with Crippen LogP contribution >= 0.6 is 0 Å². The van der Waals surface area contributed by atoms with E-state index in [9.17, 15) is 9.59 Å². The molecule has 1 saturated heterocycles. The van der Waals surface area contributed by atoms with E-state index >= 15 is 0 Å². The Morgan fingerprint density at radius 3 is 2.80 bits per heavy atom. The summed E-state index contributed by atoms with van der Waals surface area (Å²) >= 11 is 0. The molecule has 0 saturated carbocycles. The second-order valence-corrected chi connectivity index (χ2v) is 3.59. The van der Waals surface area contributed by atoms with Crippen molar-refractivity contribution in [2.75, 3.05) is 40.4 Å². The van der Waals surface area contributed by atoms with Gasteiger partial charge in [0.05, 0.1) is 6.61 Å². The molecule has 15 heavy (non-hydrogen) atoms. The molecule has 1 aliphatic rings. The average molecular weight is 216 g/mol. The second-order valence-electron chi connectivity index (χ2n) is 3.59. The zero-order valence-electron chi connectivity index (χ0n) is 8.97. The molecule has 0 spiro atoms. The van der Waals surface area contributed by atoms with Crippen molar-refractivity contribution in [1.29, 1.82) is 0 Å². The molecule has 6 heteroatoms. The third-order valence-electron chi connectivity index (χ3n) is 2.33. The van der Waals surface area contributed by atoms with Gasteiger partial charge in [-0.3, -0.25) is 14.5 Å². The number of nitrogens with zero attached hydrogens (tertiary/aromatic N) is 2. The van der Waals surface area contributed by atoms with Gasteiger partial charge in [-0.05, 0) is 0 Å². The van der Waals surface area contributed by atoms with Crippen LogP contribution < -0.4 is 0 Å². The van der Waals surface area contributed by atoms with E-state index in [0.29, 0.717) is 19.7 Å². The lowest BCUT2D eigenvalue weighted by Gasteiger charge is -2.14. The van der Waals surface area contributed by atoms with E-state index in [2.05, 4.69) is 0 Å². The summed E-state index contributed by atoms with van der Waals surface area (Å²) in [5, 5.41) is 8.51. The largest absolute Gasteiger partial charge is 0.480 e. The highest BCUT2D eigenvalue weighted by Crippen LogP contribution is 2.18. The number of ether oxygens (including phenoxy) is 1. The topological polar surface area (TPSA) is 69.9 Å². The minimum atomic E-state index is -0.991. The summed E-state index contributed by atoms with van der Waals surface area (Å²) in [5.74, 6) is -1.12. The predicted octanol–water partition coefficient (Wildman–Crippen LogP) is -1.14. The fourth-order valence-corrected chi connectivity index (χ4v) is 1.40. The summed E-state index contributed by atoms with van der Waals surface area (Å²) in [6.07, 6.45) is 0. The zero-order chi connectivity index (χ0) is 11.4. The van der Waals surface area contributed by atoms with Crippen LogP contribution in [0.1, 0.15) is 0 Å². The van der Waals surface area contributed by atoms with Gasteiger partial charge in [-0.2, -0.15) is 0 Å². The average Bonchev–Trinajstić information content (AvgIpc) is 2.91. The predicted molar refractivity (Wildman–Crippen MR) is 52.5 cm³/mol. The highest BCUT2D eigenvalue weighted by atomic mass is 16.5. The van der Waals surface area contributed by atoms with Crippen molar-refractivity contribution in [3.8, 4) is 0 Å². The van der Waals surface area contributed by atoms with Gasteiger partial charge in [0.15, 0.2) is 0 Å². The van der Waals surface area contributed by atoms with Gasteiger partial charge in [-0.15, -0.1) is 0 Å². The number of aliphatic carboxylic acids is 1. The van der Waals surface area contributed by atoms with Crippen molar-refractivity contribution in [1.82, 2.24) is 9.80 Å². The Morgan fingerprint density at radius 1 is 1.60 bits per heavy atom. The lowest BCUT2D eigenvalue weighted by Crippen LogP contribution is -2.36. The minimum absolute atomic E-state index is 0.131. The van der Waals surface area contributed by atoms with E-state index in [0.717, 1.165) is 0 Å². The highest BCUT2D eigenvalue weighted by molar-refractivity contribution is 5.87. The lowest BCUT2D eigenvalue weighted by molar-refractivity contribution is -0.143. The number of likely N-dealkylation sites (N-methyl/N-ethyl adjacent to an activating group) is 1. The molecule has 6 nitrogen and oxygen atoms in total. The van der Waals surface area contributed by atoms with E-state index in [-0.39, 0.29) is 18.5 Å². The number of hydrogen-bond acceptors (Lipinski definition) is 4. The summed E-state index contributed by atoms with van der Waals surface area (Å²) in [6.45, 7) is 1.76. The van der Waals surface area contributed by atoms with Gasteiger partial charge in [0.1, 0.15) is 12.6 Å². The van der Waals surface area contributed by atoms with Gasteiger partial charge < -0.3 is 14.7 Å². The molecular formula is C9H16N2O4. The Balaban J connectivity index is 2.27. The van der Waals surface area contributed by atoms with Crippen LogP contribution in [0.4, 0.5) is 0 Å². The molecule has 0 aliphatic carbocycles. The standard InChI is InChI=1S/C9H16N2O4/c1-10(6-8(12)13)9(14)7-5-11(7)3-4-15-2/h7H,3-6H2,1-2H3,(H,12,13)/t7-,11?/m1/s1. The number of carbonyl (C=O) groups is 2. The molecular weight excluding hydrogens is 200 g/mol. The molecule has 0 aromatic rings. The maximum Gasteiger partial charge on any atom is 0.323 e. The van der Waals surface area contributed by atoms with Crippen molar-refractivity contribution >= 4 is 11.9 Å². The third kappa shape index (κ3) is 3.49. The molecule has 2 atom stereocenters. The Morgan fingerprint density at radius 2 is 2.27 bits per heavy atom. The Kier molecular flexibility index (Phi) is 4.05. The molecule has 86 valence electrons. The number of carbonyl (C=O) groups excluding carboxylic acids is 1. The van der Waals surface area contributed by atoms with E-state index in [4.69, 9.17) is 9.84 Å². The summed E-state index contributed by atoms with van der Waals surface area (Å²) in [6, 6.07) is -0.149. The molecule has 1 amide bonds. The van der Waals surface area contributed by atoms with E-state index in [1.54, 1.807) is 7.11 Å². The van der Waals surface area contributed by atoms with Crippen LogP contribution in [-0.2, 0) is 14.3 Å². The van der Waals surface area contributed by atoms with Crippen molar-refractivity contribution < 1.29 is 19.4 Å². The summed E-state index contributed by atoms with van der Waals surface area (Å²) in [4.78, 5) is 25.2. The quantitative estimate of drug-likeness (QED) is 0.568. The second kappa shape index (κ2) is 5.09. The lowest BCUT2D eigenvalue weighted by atomic mass is 10.4. The van der Waals surface area contributed by atoms with Crippen molar-refractivity contribution in [2.45, 2.75) is 6.04 Å². The Bertz CT molecular complexity index is 256. The molecule has 1 N–H and O–H groups in total. The number of carboxylic acids is 1. The Labute approximate surface area is 88.4 Å². The smallest absolute Gasteiger partial charge is 0.323 e. The first-order valence-electron chi connectivity index (χ1n) is 4.76. The fraction of sp³-hybridized carbons (Fsp3) is 0.778. The first kappa shape index (κ1) is 11.9. The van der Waals surface area contributed by atoms with E-state index in [1.807, 2.05) is 4.90 Å². The molecule has 0 bridgehead atoms. The first-order valence-corrected chi connectivity index (χ1v) is 4.76. The molecule has 0 aromatic heterocycles. The van der Waals surface area contributed by atoms with Crippen LogP contribution in [0, 0.1) is 0 Å². The molecule has 0 radical (unpaired) electrons. The zero-order valence-corrected chi connectivity index (χ0v) is 8.97. The van der Waals surface area contributed by atoms with Gasteiger partial charge in [-0.1, -0.05) is 0 Å². The fourth-order valence-electron chi connectivity index (χ4n) is 1.40. The molecule has 1 rings (SSSR count). The van der Waals surface area contributed by atoms with Gasteiger partial charge in [-0.25, -0.2) is 0 Å². The monoisotopic (exact) mass is 216 g/mol. The minimum Gasteiger partial charge on any atom is -0.480 e. The maximum absolute atomic E-state index is 11.6. The van der Waals surface area contributed by atoms with Crippen molar-refractivity contribution in [3.63, 3.8) is 0 Å². The molecule has 1 fully saturated rings. The molecule has 0 aromatic carbocycles. The number of hydrogen-bond donors (Lipinski definition) is 1. The normalized spacial score (nSPS) is 23.6. The molecule has 1 unspecified atom stereocenters. The number of rotatable bonds is 6. The first-order chi connectivity index (χ1) is 7.06. The van der Waals surface area contributed by atoms with Crippen LogP contribution in [0.25, 0.3) is 0 Å². The third-order valence-corrected chi connectivity index (χ3v) is 2.33. The van der Waals surface area contributed by atoms with Crippen molar-refractivity contribution in [2.24, 2.45) is 0 Å². The maximum atomic E-state index is 11.6.